The van der Waals surface area contributed by atoms with Gasteiger partial charge in [-0.3, -0.25) is 9.69 Å². The molecular weight excluding hydrogens is 381 g/mol. The second-order valence-corrected chi connectivity index (χ2v) is 7.36. The summed E-state index contributed by atoms with van der Waals surface area (Å²) in [6, 6.07) is 15.0. The van der Waals surface area contributed by atoms with Crippen LogP contribution in [0.1, 0.15) is 27.0 Å². The summed E-state index contributed by atoms with van der Waals surface area (Å²) in [6.45, 7) is 4.46. The van der Waals surface area contributed by atoms with Crippen LogP contribution in [-0.4, -0.2) is 54.7 Å². The summed E-state index contributed by atoms with van der Waals surface area (Å²) in [4.78, 5) is 16.8. The molecule has 7 heteroatoms. The van der Waals surface area contributed by atoms with E-state index in [1.54, 1.807) is 24.3 Å². The molecule has 0 spiro atoms. The smallest absolute Gasteiger partial charge is 0.367 e. The topological polar surface area (TPSA) is 32.8 Å². The highest BCUT2D eigenvalue weighted by Gasteiger charge is 2.27. The molecule has 29 heavy (non-hydrogen) atoms. The molecule has 4 nitrogen and oxygen atoms in total. The van der Waals surface area contributed by atoms with Crippen molar-refractivity contribution in [3.05, 3.63) is 70.8 Å². The van der Waals surface area contributed by atoms with E-state index in [4.69, 9.17) is 0 Å². The molecule has 156 valence electrons. The Morgan fingerprint density at radius 1 is 1.00 bits per heavy atom. The quantitative estimate of drug-likeness (QED) is 0.726. The molecule has 1 aliphatic heterocycles. The molecule has 0 unspecified atom stereocenters. The summed E-state index contributed by atoms with van der Waals surface area (Å²) in [5.74, 6) is -0.0528. The highest BCUT2D eigenvalue weighted by molar-refractivity contribution is 5.94. The molecule has 0 aromatic heterocycles. The first-order valence-corrected chi connectivity index (χ1v) is 9.61. The fourth-order valence-corrected chi connectivity index (χ4v) is 3.39. The van der Waals surface area contributed by atoms with E-state index in [0.29, 0.717) is 24.2 Å². The minimum absolute atomic E-state index is 0.0528. The molecule has 0 radical (unpaired) electrons. The summed E-state index contributed by atoms with van der Waals surface area (Å²) in [7, 11) is 0. The van der Waals surface area contributed by atoms with Crippen molar-refractivity contribution >= 4 is 5.91 Å². The Morgan fingerprint density at radius 3 is 2.31 bits per heavy atom. The average molecular weight is 406 g/mol. The molecular formula is C22H25F3N2O2. The lowest BCUT2D eigenvalue weighted by atomic mass is 10.1. The second-order valence-electron chi connectivity index (χ2n) is 7.36. The summed E-state index contributed by atoms with van der Waals surface area (Å²) in [6.07, 6.45) is -4.34. The van der Waals surface area contributed by atoms with Gasteiger partial charge in [-0.1, -0.05) is 42.0 Å². The summed E-state index contributed by atoms with van der Waals surface area (Å²) in [5, 5.41) is 0. The van der Waals surface area contributed by atoms with Crippen molar-refractivity contribution < 1.29 is 22.7 Å². The zero-order valence-corrected chi connectivity index (χ0v) is 16.4. The molecule has 3 rings (SSSR count). The number of halogens is 3. The van der Waals surface area contributed by atoms with Crippen LogP contribution < -0.4 is 0 Å². The Labute approximate surface area is 168 Å². The third-order valence-electron chi connectivity index (χ3n) is 4.88. The van der Waals surface area contributed by atoms with Gasteiger partial charge >= 0.3 is 6.18 Å². The Morgan fingerprint density at radius 2 is 1.69 bits per heavy atom. The molecule has 1 saturated heterocycles. The van der Waals surface area contributed by atoms with Crippen LogP contribution in [0.3, 0.4) is 0 Å². The molecule has 1 amide bonds. The zero-order valence-electron chi connectivity index (χ0n) is 16.4. The minimum Gasteiger partial charge on any atom is -0.367 e. The molecule has 2 aromatic rings. The third kappa shape index (κ3) is 6.58. The fraction of sp³-hybridized carbons (Fsp3) is 0.409. The van der Waals surface area contributed by atoms with E-state index in [2.05, 4.69) is 40.8 Å². The fourth-order valence-electron chi connectivity index (χ4n) is 3.39. The van der Waals surface area contributed by atoms with Gasteiger partial charge in [-0.05, 0) is 30.2 Å². The predicted octanol–water partition coefficient (Wildman–Crippen LogP) is 4.03. The van der Waals surface area contributed by atoms with Gasteiger partial charge in [-0.15, -0.1) is 0 Å². The third-order valence-corrected chi connectivity index (χ3v) is 4.88. The van der Waals surface area contributed by atoms with Crippen LogP contribution in [0.4, 0.5) is 13.2 Å². The second kappa shape index (κ2) is 9.41. The molecule has 0 N–H and O–H groups in total. The van der Waals surface area contributed by atoms with E-state index in [1.165, 1.54) is 11.1 Å². The van der Waals surface area contributed by atoms with Gasteiger partial charge in [0.25, 0.3) is 5.91 Å². The van der Waals surface area contributed by atoms with Gasteiger partial charge in [0.2, 0.25) is 0 Å². The van der Waals surface area contributed by atoms with Crippen molar-refractivity contribution in [3.8, 4) is 0 Å². The first-order chi connectivity index (χ1) is 13.8. The monoisotopic (exact) mass is 406 g/mol. The van der Waals surface area contributed by atoms with Gasteiger partial charge in [0.1, 0.15) is 6.61 Å². The van der Waals surface area contributed by atoms with E-state index in [-0.39, 0.29) is 12.5 Å². The number of benzene rings is 2. The highest BCUT2D eigenvalue weighted by Crippen LogP contribution is 2.17. The number of hydrogen-bond donors (Lipinski definition) is 0. The number of alkyl halides is 3. The van der Waals surface area contributed by atoms with Crippen LogP contribution in [0.25, 0.3) is 0 Å². The Kier molecular flexibility index (Phi) is 6.92. The number of amides is 1. The molecule has 1 fully saturated rings. The maximum absolute atomic E-state index is 12.7. The lowest BCUT2D eigenvalue weighted by molar-refractivity contribution is -0.176. The number of piperazine rings is 1. The lowest BCUT2D eigenvalue weighted by Crippen LogP contribution is -2.48. The Balaban J connectivity index is 1.47. The van der Waals surface area contributed by atoms with Crippen molar-refractivity contribution in [2.24, 2.45) is 0 Å². The van der Waals surface area contributed by atoms with Crippen LogP contribution in [-0.2, 0) is 17.9 Å². The first kappa shape index (κ1) is 21.3. The number of aryl methyl sites for hydroxylation is 1. The zero-order chi connectivity index (χ0) is 20.9. The van der Waals surface area contributed by atoms with Crippen molar-refractivity contribution in [2.75, 3.05) is 32.8 Å². The average Bonchev–Trinajstić information content (AvgIpc) is 2.68. The van der Waals surface area contributed by atoms with E-state index < -0.39 is 12.8 Å². The number of nitrogens with zero attached hydrogens (tertiary/aromatic N) is 2. The van der Waals surface area contributed by atoms with E-state index >= 15 is 0 Å². The van der Waals surface area contributed by atoms with Gasteiger partial charge in [0.05, 0.1) is 6.61 Å². The van der Waals surface area contributed by atoms with Crippen molar-refractivity contribution in [2.45, 2.75) is 26.3 Å². The van der Waals surface area contributed by atoms with Crippen LogP contribution in [0, 0.1) is 6.92 Å². The van der Waals surface area contributed by atoms with Crippen LogP contribution in [0.5, 0.6) is 0 Å². The van der Waals surface area contributed by atoms with Crippen LogP contribution in [0.15, 0.2) is 48.5 Å². The summed E-state index contributed by atoms with van der Waals surface area (Å²) in [5.41, 5.74) is 3.65. The molecule has 0 bridgehead atoms. The van der Waals surface area contributed by atoms with Gasteiger partial charge in [0.15, 0.2) is 0 Å². The Hall–Kier alpha value is -2.38. The van der Waals surface area contributed by atoms with E-state index in [0.717, 1.165) is 19.6 Å². The van der Waals surface area contributed by atoms with Gasteiger partial charge in [-0.2, -0.15) is 13.2 Å². The molecule has 0 atom stereocenters. The van der Waals surface area contributed by atoms with Crippen LogP contribution in [0.2, 0.25) is 0 Å². The summed E-state index contributed by atoms with van der Waals surface area (Å²) < 4.78 is 41.0. The minimum atomic E-state index is -4.34. The number of hydrogen-bond acceptors (Lipinski definition) is 3. The maximum Gasteiger partial charge on any atom is 0.411 e. The standard InChI is InChI=1S/C22H25F3N2O2/c1-17-3-2-4-19(13-17)14-26-9-11-27(12-10-26)21(28)20-7-5-18(6-8-20)15-29-16-22(23,24)25/h2-8,13H,9-12,14-16H2,1H3. The van der Waals surface area contributed by atoms with Crippen molar-refractivity contribution in [1.29, 1.82) is 0 Å². The number of ether oxygens (including phenoxy) is 1. The molecule has 0 saturated carbocycles. The largest absolute Gasteiger partial charge is 0.411 e. The predicted molar refractivity (Wildman–Crippen MR) is 105 cm³/mol. The van der Waals surface area contributed by atoms with Crippen molar-refractivity contribution in [1.82, 2.24) is 9.80 Å². The molecule has 2 aromatic carbocycles. The molecule has 1 aliphatic rings. The van der Waals surface area contributed by atoms with Gasteiger partial charge in [0, 0.05) is 38.3 Å². The number of rotatable bonds is 6. The summed E-state index contributed by atoms with van der Waals surface area (Å²) >= 11 is 0. The number of carbonyl (C=O) groups excluding carboxylic acids is 1. The highest BCUT2D eigenvalue weighted by atomic mass is 19.4. The molecule has 1 heterocycles. The molecule has 0 aliphatic carbocycles. The first-order valence-electron chi connectivity index (χ1n) is 9.61. The van der Waals surface area contributed by atoms with E-state index in [1.807, 2.05) is 4.90 Å². The maximum atomic E-state index is 12.7. The normalized spacial score (nSPS) is 15.5. The number of carbonyl (C=O) groups is 1. The van der Waals surface area contributed by atoms with Crippen molar-refractivity contribution in [3.63, 3.8) is 0 Å². The SMILES string of the molecule is Cc1cccc(CN2CCN(C(=O)c3ccc(COCC(F)(F)F)cc3)CC2)c1. The van der Waals surface area contributed by atoms with Gasteiger partial charge < -0.3 is 9.64 Å². The van der Waals surface area contributed by atoms with E-state index in [9.17, 15) is 18.0 Å². The van der Waals surface area contributed by atoms with Gasteiger partial charge in [-0.25, -0.2) is 0 Å². The Bertz CT molecular complexity index is 814. The van der Waals surface area contributed by atoms with Crippen LogP contribution >= 0.6 is 0 Å². The lowest BCUT2D eigenvalue weighted by Gasteiger charge is -2.34.